The predicted molar refractivity (Wildman–Crippen MR) is 137 cm³/mol. The van der Waals surface area contributed by atoms with Crippen LogP contribution in [0.3, 0.4) is 0 Å². The summed E-state index contributed by atoms with van der Waals surface area (Å²) in [5.74, 6) is -47.6. The zero-order valence-electron chi connectivity index (χ0n) is 25.7. The monoisotopic (exact) mass is 796 g/mol. The smallest absolute Gasteiger partial charge is 0.387 e. The molecule has 1 fully saturated rings. The van der Waals surface area contributed by atoms with Crippen molar-refractivity contribution in [3.05, 3.63) is 0 Å². The Hall–Kier alpha value is -1.14. The highest BCUT2D eigenvalue weighted by Gasteiger charge is 2.93. The van der Waals surface area contributed by atoms with E-state index in [-0.39, 0.29) is 12.8 Å². The highest BCUT2D eigenvalue weighted by Crippen LogP contribution is 2.63. The molecule has 5 N–H and O–H groups in total. The van der Waals surface area contributed by atoms with Crippen LogP contribution < -0.4 is 0 Å². The van der Waals surface area contributed by atoms with E-state index in [4.69, 9.17) is 0 Å². The van der Waals surface area contributed by atoms with Crippen molar-refractivity contribution >= 4 is 7.82 Å². The highest BCUT2D eigenvalue weighted by molar-refractivity contribution is 7.47. The van der Waals surface area contributed by atoms with E-state index in [0.29, 0.717) is 12.8 Å². The van der Waals surface area contributed by atoms with Crippen LogP contribution in [0.15, 0.2) is 0 Å². The third kappa shape index (κ3) is 10.1. The molecule has 50 heavy (non-hydrogen) atoms. The fourth-order valence-electron chi connectivity index (χ4n) is 4.53. The van der Waals surface area contributed by atoms with Gasteiger partial charge in [-0.05, 0) is 12.8 Å². The Labute approximate surface area is 274 Å². The zero-order chi connectivity index (χ0) is 39.4. The molecule has 5 unspecified atom stereocenters. The number of phosphoric ester groups is 1. The van der Waals surface area contributed by atoms with Gasteiger partial charge in [0.1, 0.15) is 24.4 Å². The molecule has 0 saturated carbocycles. The molecule has 0 amide bonds. The van der Waals surface area contributed by atoms with Gasteiger partial charge in [0.15, 0.2) is 6.29 Å². The molecule has 0 aromatic heterocycles. The molecule has 0 bridgehead atoms. The van der Waals surface area contributed by atoms with E-state index in [2.05, 4.69) is 13.8 Å². The summed E-state index contributed by atoms with van der Waals surface area (Å²) in [4.78, 5) is 10.0. The molecule has 0 spiro atoms. The van der Waals surface area contributed by atoms with Crippen LogP contribution in [0.25, 0.3) is 0 Å². The predicted octanol–water partition coefficient (Wildman–Crippen LogP) is 6.58. The first kappa shape index (κ1) is 46.9. The van der Waals surface area contributed by atoms with Gasteiger partial charge < -0.3 is 30.1 Å². The quantitative estimate of drug-likeness (QED) is 0.0494. The molecule has 1 saturated heterocycles. The second-order valence-electron chi connectivity index (χ2n) is 11.6. The summed E-state index contributed by atoms with van der Waals surface area (Å²) in [6.07, 6.45) is -22.0. The first-order chi connectivity index (χ1) is 22.4. The minimum atomic E-state index is -8.46. The van der Waals surface area contributed by atoms with Gasteiger partial charge in [-0.2, -0.15) is 65.9 Å². The number of hydrogen-bond donors (Lipinski definition) is 5. The van der Waals surface area contributed by atoms with E-state index in [0.717, 1.165) is 19.3 Å². The number of rotatable bonds is 21. The first-order valence-corrected chi connectivity index (χ1v) is 16.2. The topological polar surface area (TPSA) is 146 Å². The molecule has 1 aliphatic heterocycles. The third-order valence-corrected chi connectivity index (χ3v) is 8.71. The average molecular weight is 796 g/mol. The summed E-state index contributed by atoms with van der Waals surface area (Å²) in [5.41, 5.74) is 0. The lowest BCUT2D eigenvalue weighted by atomic mass is 9.89. The Kier molecular flexibility index (Phi) is 15.8. The number of unbranched alkanes of at least 4 members (excludes halogenated alkanes) is 6. The summed E-state index contributed by atoms with van der Waals surface area (Å²) < 4.78 is 230. The van der Waals surface area contributed by atoms with Crippen molar-refractivity contribution in [3.63, 3.8) is 0 Å². The van der Waals surface area contributed by atoms with E-state index in [9.17, 15) is 95.7 Å². The molecule has 1 heterocycles. The van der Waals surface area contributed by atoms with Gasteiger partial charge in [-0.25, -0.2) is 4.57 Å². The summed E-state index contributed by atoms with van der Waals surface area (Å²) in [7, 11) is -5.61. The lowest BCUT2D eigenvalue weighted by molar-refractivity contribution is -0.452. The maximum atomic E-state index is 14.5. The minimum Gasteiger partial charge on any atom is -0.387 e. The van der Waals surface area contributed by atoms with Crippen LogP contribution in [-0.4, -0.2) is 110 Å². The van der Waals surface area contributed by atoms with Gasteiger partial charge in [0, 0.05) is 6.42 Å². The van der Waals surface area contributed by atoms with Gasteiger partial charge in [-0.1, -0.05) is 51.9 Å². The van der Waals surface area contributed by atoms with Gasteiger partial charge in [-0.15, -0.1) is 0 Å². The van der Waals surface area contributed by atoms with Crippen molar-refractivity contribution in [1.82, 2.24) is 0 Å². The lowest BCUT2D eigenvalue weighted by Gasteiger charge is -2.41. The SMILES string of the molecule is CCCCCCCCCC(CCC(F)(F)C(F)(F)C(F)(F)C(F)(F)C(F)(F)C(F)(F)C(F)(F)F)OP(=O)(O)OCC1OC(O)C(O)[C@@H](O)[C@H]1O. The number of hydrogen-bond acceptors (Lipinski definition) is 8. The molecule has 1 rings (SSSR count). The maximum absolute atomic E-state index is 14.5. The van der Waals surface area contributed by atoms with Crippen LogP contribution in [0.2, 0.25) is 0 Å². The van der Waals surface area contributed by atoms with Gasteiger partial charge in [0.05, 0.1) is 12.7 Å². The number of ether oxygens (including phenoxy) is 1. The number of phosphoric acid groups is 1. The Morgan fingerprint density at radius 2 is 1.10 bits per heavy atom. The molecule has 0 radical (unpaired) electrons. The van der Waals surface area contributed by atoms with Crippen LogP contribution >= 0.6 is 7.82 Å². The lowest BCUT2D eigenvalue weighted by Crippen LogP contribution is -2.72. The van der Waals surface area contributed by atoms with Crippen molar-refractivity contribution in [2.45, 2.75) is 150 Å². The Morgan fingerprint density at radius 1 is 0.640 bits per heavy atom. The number of aliphatic hydroxyl groups is 4. The number of halogens is 15. The standard InChI is InChI=1S/C25H36F15O9P/c1-2-3-4-5-6-7-8-9-13(49-50(45,46)47-12-14-15(41)16(42)17(43)18(44)48-14)10-11-19(26,27)20(28,29)21(30,31)22(32,33)23(34,35)24(36,37)25(38,39)40/h13-18,41-44H,2-12H2,1H3,(H,45,46)/t13?,14?,15-,16-,17?,18?/m0/s1. The summed E-state index contributed by atoms with van der Waals surface area (Å²) in [5, 5.41) is 38.5. The second kappa shape index (κ2) is 16.9. The van der Waals surface area contributed by atoms with Crippen molar-refractivity contribution < 1.29 is 110 Å². The van der Waals surface area contributed by atoms with Crippen molar-refractivity contribution in [2.24, 2.45) is 0 Å². The number of alkyl halides is 15. The molecule has 25 heteroatoms. The average Bonchev–Trinajstić information content (AvgIpc) is 2.98. The zero-order valence-corrected chi connectivity index (χ0v) is 26.6. The third-order valence-electron chi connectivity index (χ3n) is 7.67. The summed E-state index contributed by atoms with van der Waals surface area (Å²) in [6, 6.07) is 0. The van der Waals surface area contributed by atoms with Gasteiger partial charge in [0.2, 0.25) is 0 Å². The van der Waals surface area contributed by atoms with Crippen LogP contribution in [0.4, 0.5) is 65.9 Å². The van der Waals surface area contributed by atoms with Crippen molar-refractivity contribution in [3.8, 4) is 0 Å². The van der Waals surface area contributed by atoms with E-state index in [1.165, 1.54) is 0 Å². The molecule has 0 aliphatic carbocycles. The van der Waals surface area contributed by atoms with Crippen molar-refractivity contribution in [1.29, 1.82) is 0 Å². The molecule has 9 nitrogen and oxygen atoms in total. The fourth-order valence-corrected chi connectivity index (χ4v) is 5.52. The Morgan fingerprint density at radius 3 is 1.60 bits per heavy atom. The molecule has 1 aliphatic rings. The molecule has 7 atom stereocenters. The molecule has 0 aromatic rings. The normalized spacial score (nSPS) is 25.4. The van der Waals surface area contributed by atoms with Crippen molar-refractivity contribution in [2.75, 3.05) is 6.61 Å². The Balaban J connectivity index is 3.23. The maximum Gasteiger partial charge on any atom is 0.472 e. The molecular weight excluding hydrogens is 760 g/mol. The van der Waals surface area contributed by atoms with Crippen LogP contribution in [0.1, 0.15) is 71.1 Å². The minimum absolute atomic E-state index is 0.132. The Bertz CT molecular complexity index is 1110. The van der Waals surface area contributed by atoms with Crippen LogP contribution in [0.5, 0.6) is 0 Å². The van der Waals surface area contributed by atoms with E-state index >= 15 is 0 Å². The number of aliphatic hydroxyl groups excluding tert-OH is 4. The van der Waals surface area contributed by atoms with Gasteiger partial charge >= 0.3 is 49.5 Å². The summed E-state index contributed by atoms with van der Waals surface area (Å²) in [6.45, 7) is 0.609. The first-order valence-electron chi connectivity index (χ1n) is 14.7. The second-order valence-corrected chi connectivity index (χ2v) is 13.0. The van der Waals surface area contributed by atoms with Crippen LogP contribution in [0, 0.1) is 0 Å². The van der Waals surface area contributed by atoms with Crippen LogP contribution in [-0.2, 0) is 18.3 Å². The highest BCUT2D eigenvalue weighted by atomic mass is 31.2. The summed E-state index contributed by atoms with van der Waals surface area (Å²) >= 11 is 0. The van der Waals surface area contributed by atoms with Gasteiger partial charge in [0.25, 0.3) is 0 Å². The fraction of sp³-hybridized carbons (Fsp3) is 1.00. The molecular formula is C25H36F15O9P. The van der Waals surface area contributed by atoms with E-state index in [1.807, 2.05) is 6.92 Å². The largest absolute Gasteiger partial charge is 0.472 e. The van der Waals surface area contributed by atoms with E-state index in [1.54, 1.807) is 0 Å². The van der Waals surface area contributed by atoms with Gasteiger partial charge in [-0.3, -0.25) is 9.05 Å². The molecule has 300 valence electrons. The molecule has 0 aromatic carbocycles. The van der Waals surface area contributed by atoms with E-state index < -0.39 is 112 Å².